The molecule has 3 heterocycles. The number of rotatable bonds is 3. The molecule has 3 aromatic heterocycles. The first-order valence-corrected chi connectivity index (χ1v) is 8.82. The zero-order valence-corrected chi connectivity index (χ0v) is 15.3. The van der Waals surface area contributed by atoms with E-state index in [-0.39, 0.29) is 28.1 Å². The Hall–Kier alpha value is -3.00. The van der Waals surface area contributed by atoms with Crippen molar-refractivity contribution in [3.8, 4) is 0 Å². The number of furan rings is 1. The summed E-state index contributed by atoms with van der Waals surface area (Å²) in [4.78, 5) is 35.6. The molecule has 0 radical (unpaired) electrons. The largest absolute Gasteiger partial charge is 0.442 e. The van der Waals surface area contributed by atoms with E-state index in [2.05, 4.69) is 9.97 Å². The second-order valence-corrected chi connectivity index (χ2v) is 7.23. The number of amides is 1. The highest BCUT2D eigenvalue weighted by Gasteiger charge is 2.25. The number of hydrogen-bond donors (Lipinski definition) is 0. The van der Waals surface area contributed by atoms with Crippen LogP contribution in [0.15, 0.2) is 39.8 Å². The third-order valence-corrected chi connectivity index (χ3v) is 5.24. The fraction of sp³-hybridized carbons (Fsp3) is 0.222. The van der Waals surface area contributed by atoms with E-state index < -0.39 is 0 Å². The highest BCUT2D eigenvalue weighted by atomic mass is 32.1. The molecule has 0 unspecified atom stereocenters. The average Bonchev–Trinajstić information content (AvgIpc) is 3.17. The summed E-state index contributed by atoms with van der Waals surface area (Å²) in [6.45, 7) is 2.02. The maximum absolute atomic E-state index is 13.0. The molecule has 0 atom stereocenters. The summed E-state index contributed by atoms with van der Waals surface area (Å²) in [6, 6.07) is 7.84. The second kappa shape index (κ2) is 6.06. The fourth-order valence-corrected chi connectivity index (χ4v) is 3.92. The van der Waals surface area contributed by atoms with Crippen molar-refractivity contribution >= 4 is 38.6 Å². The lowest BCUT2D eigenvalue weighted by Crippen LogP contribution is -2.28. The summed E-state index contributed by atoms with van der Waals surface area (Å²) < 4.78 is 7.93. The standard InChI is InChI=1S/C18H16N4O3S/c1-10-14(15-16(25-10)19-9-22(3)18(15)24)17(23)21(2)8-13-20-11-6-4-5-7-12(11)26-13/h4-7,9H,8H2,1-3H3. The van der Waals surface area contributed by atoms with Gasteiger partial charge >= 0.3 is 0 Å². The second-order valence-electron chi connectivity index (χ2n) is 6.11. The SMILES string of the molecule is Cc1oc2ncn(C)c(=O)c2c1C(=O)N(C)Cc1nc2ccccc2s1. The molecule has 0 aliphatic heterocycles. The van der Waals surface area contributed by atoms with Crippen molar-refractivity contribution in [2.45, 2.75) is 13.5 Å². The summed E-state index contributed by atoms with van der Waals surface area (Å²) in [5.74, 6) is 0.0996. The van der Waals surface area contributed by atoms with Crippen molar-refractivity contribution in [3.05, 3.63) is 57.3 Å². The van der Waals surface area contributed by atoms with Crippen LogP contribution in [-0.2, 0) is 13.6 Å². The van der Waals surface area contributed by atoms with Gasteiger partial charge in [-0.1, -0.05) is 12.1 Å². The van der Waals surface area contributed by atoms with Crippen LogP contribution in [-0.4, -0.2) is 32.4 Å². The van der Waals surface area contributed by atoms with Crippen molar-refractivity contribution in [1.29, 1.82) is 0 Å². The van der Waals surface area contributed by atoms with Crippen molar-refractivity contribution in [2.75, 3.05) is 7.05 Å². The number of carbonyl (C=O) groups is 1. The number of para-hydroxylation sites is 1. The van der Waals surface area contributed by atoms with Gasteiger partial charge in [0.05, 0.1) is 22.3 Å². The molecule has 0 saturated heterocycles. The smallest absolute Gasteiger partial charge is 0.265 e. The first kappa shape index (κ1) is 16.5. The van der Waals surface area contributed by atoms with E-state index in [9.17, 15) is 9.59 Å². The number of nitrogens with zero attached hydrogens (tertiary/aromatic N) is 4. The quantitative estimate of drug-likeness (QED) is 0.555. The summed E-state index contributed by atoms with van der Waals surface area (Å²) in [5.41, 5.74) is 1.06. The molecule has 4 rings (SSSR count). The van der Waals surface area contributed by atoms with E-state index in [1.54, 1.807) is 37.3 Å². The predicted octanol–water partition coefficient (Wildman–Crippen LogP) is 2.72. The average molecular weight is 368 g/mol. The monoisotopic (exact) mass is 368 g/mol. The van der Waals surface area contributed by atoms with Crippen molar-refractivity contribution in [1.82, 2.24) is 19.4 Å². The number of hydrogen-bond acceptors (Lipinski definition) is 6. The Labute approximate surface area is 152 Å². The molecular formula is C18H16N4O3S. The van der Waals surface area contributed by atoms with E-state index in [4.69, 9.17) is 4.42 Å². The normalized spacial score (nSPS) is 11.3. The molecule has 0 bridgehead atoms. The minimum absolute atomic E-state index is 0.183. The molecule has 1 amide bonds. The van der Waals surface area contributed by atoms with Crippen LogP contribution in [0.4, 0.5) is 0 Å². The molecule has 0 aliphatic carbocycles. The lowest BCUT2D eigenvalue weighted by molar-refractivity contribution is 0.0785. The lowest BCUT2D eigenvalue weighted by Gasteiger charge is -2.15. The van der Waals surface area contributed by atoms with Gasteiger partial charge in [-0.15, -0.1) is 11.3 Å². The van der Waals surface area contributed by atoms with Crippen molar-refractivity contribution in [3.63, 3.8) is 0 Å². The van der Waals surface area contributed by atoms with Gasteiger partial charge in [0.1, 0.15) is 22.5 Å². The molecular weight excluding hydrogens is 352 g/mol. The van der Waals surface area contributed by atoms with Crippen LogP contribution in [0.5, 0.6) is 0 Å². The van der Waals surface area contributed by atoms with Crippen molar-refractivity contribution in [2.24, 2.45) is 7.05 Å². The molecule has 1 aromatic carbocycles. The van der Waals surface area contributed by atoms with Gasteiger partial charge in [0.15, 0.2) is 0 Å². The van der Waals surface area contributed by atoms with E-state index in [1.807, 2.05) is 24.3 Å². The van der Waals surface area contributed by atoms with Crippen LogP contribution in [0, 0.1) is 6.92 Å². The molecule has 26 heavy (non-hydrogen) atoms. The van der Waals surface area contributed by atoms with Crippen LogP contribution in [0.1, 0.15) is 21.1 Å². The molecule has 0 N–H and O–H groups in total. The molecule has 0 fully saturated rings. The Morgan fingerprint density at radius 3 is 2.88 bits per heavy atom. The summed E-state index contributed by atoms with van der Waals surface area (Å²) >= 11 is 1.55. The summed E-state index contributed by atoms with van der Waals surface area (Å²) in [5, 5.41) is 1.05. The predicted molar refractivity (Wildman–Crippen MR) is 99.4 cm³/mol. The van der Waals surface area contributed by atoms with E-state index in [1.165, 1.54) is 10.9 Å². The first-order chi connectivity index (χ1) is 12.5. The van der Waals surface area contributed by atoms with Gasteiger partial charge in [-0.2, -0.15) is 0 Å². The van der Waals surface area contributed by atoms with Crippen LogP contribution in [0.25, 0.3) is 21.3 Å². The molecule has 8 heteroatoms. The Balaban J connectivity index is 1.71. The Morgan fingerprint density at radius 2 is 2.12 bits per heavy atom. The van der Waals surface area contributed by atoms with Crippen LogP contribution < -0.4 is 5.56 Å². The zero-order valence-electron chi connectivity index (χ0n) is 14.5. The molecule has 4 aromatic rings. The molecule has 0 spiro atoms. The number of fused-ring (bicyclic) bond motifs is 2. The number of aromatic nitrogens is 3. The van der Waals surface area contributed by atoms with Gasteiger partial charge in [-0.05, 0) is 19.1 Å². The van der Waals surface area contributed by atoms with Gasteiger partial charge < -0.3 is 13.9 Å². The highest BCUT2D eigenvalue weighted by Crippen LogP contribution is 2.25. The number of aryl methyl sites for hydroxylation is 2. The molecule has 0 saturated carbocycles. The highest BCUT2D eigenvalue weighted by molar-refractivity contribution is 7.18. The Morgan fingerprint density at radius 1 is 1.35 bits per heavy atom. The van der Waals surface area contributed by atoms with E-state index >= 15 is 0 Å². The van der Waals surface area contributed by atoms with E-state index in [0.717, 1.165) is 15.2 Å². The minimum Gasteiger partial charge on any atom is -0.442 e. The fourth-order valence-electron chi connectivity index (χ4n) is 2.90. The molecule has 132 valence electrons. The van der Waals surface area contributed by atoms with Crippen LogP contribution in [0.3, 0.4) is 0 Å². The van der Waals surface area contributed by atoms with Gasteiger partial charge in [0, 0.05) is 14.1 Å². The third kappa shape index (κ3) is 2.59. The van der Waals surface area contributed by atoms with Crippen LogP contribution >= 0.6 is 11.3 Å². The van der Waals surface area contributed by atoms with Gasteiger partial charge in [0.2, 0.25) is 5.71 Å². The number of benzene rings is 1. The molecule has 0 aliphatic rings. The lowest BCUT2D eigenvalue weighted by atomic mass is 10.1. The Bertz CT molecular complexity index is 1170. The third-order valence-electron chi connectivity index (χ3n) is 4.22. The first-order valence-electron chi connectivity index (χ1n) is 8.00. The molecule has 7 nitrogen and oxygen atoms in total. The van der Waals surface area contributed by atoms with E-state index in [0.29, 0.717) is 12.3 Å². The van der Waals surface area contributed by atoms with Crippen LogP contribution in [0.2, 0.25) is 0 Å². The summed E-state index contributed by atoms with van der Waals surface area (Å²) in [6.07, 6.45) is 1.38. The topological polar surface area (TPSA) is 81.2 Å². The zero-order chi connectivity index (χ0) is 18.4. The number of thiazole rings is 1. The van der Waals surface area contributed by atoms with Crippen molar-refractivity contribution < 1.29 is 9.21 Å². The Kier molecular flexibility index (Phi) is 3.84. The minimum atomic E-state index is -0.302. The number of carbonyl (C=O) groups excluding carboxylic acids is 1. The summed E-state index contributed by atoms with van der Waals surface area (Å²) in [7, 11) is 3.28. The maximum Gasteiger partial charge on any atom is 0.265 e. The maximum atomic E-state index is 13.0. The van der Waals surface area contributed by atoms with Gasteiger partial charge in [0.25, 0.3) is 11.5 Å². The van der Waals surface area contributed by atoms with Gasteiger partial charge in [-0.3, -0.25) is 9.59 Å². The van der Waals surface area contributed by atoms with Gasteiger partial charge in [-0.25, -0.2) is 9.97 Å².